The zero-order chi connectivity index (χ0) is 34.0. The maximum Gasteiger partial charge on any atom is 0.192 e. The molecule has 8 atom stereocenters. The zero-order valence-corrected chi connectivity index (χ0v) is 35.0. The van der Waals surface area contributed by atoms with Gasteiger partial charge in [-0.25, -0.2) is 0 Å². The molecule has 0 saturated heterocycles. The van der Waals surface area contributed by atoms with E-state index in [2.05, 4.69) is 121 Å². The first-order valence-electron chi connectivity index (χ1n) is 19.1. The van der Waals surface area contributed by atoms with E-state index in [4.69, 9.17) is 8.85 Å². The number of fused-ring (bicyclic) bond motifs is 5. The number of rotatable bonds is 10. The lowest BCUT2D eigenvalue weighted by molar-refractivity contribution is -0.0113. The van der Waals surface area contributed by atoms with E-state index in [1.165, 1.54) is 57.8 Å². The lowest BCUT2D eigenvalue weighted by Gasteiger charge is -2.60. The van der Waals surface area contributed by atoms with Crippen molar-refractivity contribution in [3.05, 3.63) is 23.3 Å². The van der Waals surface area contributed by atoms with Crippen LogP contribution in [0, 0.1) is 45.8 Å². The number of allylic oxidation sites excluding steroid dienone is 3. The molecule has 0 bridgehead atoms. The van der Waals surface area contributed by atoms with Crippen LogP contribution in [0.25, 0.3) is 0 Å². The molecule has 2 nitrogen and oxygen atoms in total. The van der Waals surface area contributed by atoms with Gasteiger partial charge >= 0.3 is 0 Å². The molecule has 0 unspecified atom stereocenters. The third-order valence-corrected chi connectivity index (χ3v) is 24.2. The third kappa shape index (κ3) is 6.98. The second-order valence-electron chi connectivity index (χ2n) is 20.7. The summed E-state index contributed by atoms with van der Waals surface area (Å²) in [5.74, 6) is 3.85. The molecule has 4 aliphatic carbocycles. The molecule has 0 aliphatic heterocycles. The number of hydrogen-bond acceptors (Lipinski definition) is 2. The summed E-state index contributed by atoms with van der Waals surface area (Å²) in [6, 6.07) is 0. The summed E-state index contributed by atoms with van der Waals surface area (Å²) in [5, 5.41) is 0.547. The Morgan fingerprint density at radius 1 is 0.778 bits per heavy atom. The van der Waals surface area contributed by atoms with Gasteiger partial charge in [-0.1, -0.05) is 119 Å². The van der Waals surface area contributed by atoms with E-state index in [9.17, 15) is 0 Å². The first kappa shape index (κ1) is 37.6. The monoisotopic (exact) mass is 657 g/mol. The summed E-state index contributed by atoms with van der Waals surface area (Å²) in [6.07, 6.45) is 17.7. The molecule has 0 aromatic heterocycles. The average molecular weight is 657 g/mol. The summed E-state index contributed by atoms with van der Waals surface area (Å²) < 4.78 is 13.7. The van der Waals surface area contributed by atoms with Crippen molar-refractivity contribution in [3.8, 4) is 0 Å². The van der Waals surface area contributed by atoms with Crippen LogP contribution in [0.5, 0.6) is 0 Å². The highest BCUT2D eigenvalue weighted by Gasteiger charge is 2.60. The molecule has 4 heteroatoms. The van der Waals surface area contributed by atoms with Crippen LogP contribution in [0.15, 0.2) is 23.3 Å². The Morgan fingerprint density at radius 3 is 2.00 bits per heavy atom. The summed E-state index contributed by atoms with van der Waals surface area (Å²) in [7, 11) is -3.48. The summed E-state index contributed by atoms with van der Waals surface area (Å²) in [6.45, 7) is 40.2. The highest BCUT2D eigenvalue weighted by atomic mass is 28.4. The Kier molecular flexibility index (Phi) is 10.6. The Balaban J connectivity index is 1.42. The average Bonchev–Trinajstić information content (AvgIpc) is 3.25. The second-order valence-corrected chi connectivity index (χ2v) is 30.3. The first-order chi connectivity index (χ1) is 20.4. The van der Waals surface area contributed by atoms with E-state index in [0.717, 1.165) is 30.3 Å². The van der Waals surface area contributed by atoms with E-state index < -0.39 is 16.6 Å². The Morgan fingerprint density at radius 2 is 1.40 bits per heavy atom. The van der Waals surface area contributed by atoms with Gasteiger partial charge in [0.2, 0.25) is 0 Å². The smallest absolute Gasteiger partial charge is 0.192 e. The molecule has 0 amide bonds. The van der Waals surface area contributed by atoms with Gasteiger partial charge in [0, 0.05) is 12.0 Å². The van der Waals surface area contributed by atoms with Crippen LogP contribution < -0.4 is 0 Å². The van der Waals surface area contributed by atoms with E-state index in [1.54, 1.807) is 5.57 Å². The fourth-order valence-electron chi connectivity index (χ4n) is 10.1. The van der Waals surface area contributed by atoms with Crippen LogP contribution in [0.2, 0.25) is 36.3 Å². The van der Waals surface area contributed by atoms with Gasteiger partial charge in [0.1, 0.15) is 0 Å². The topological polar surface area (TPSA) is 18.5 Å². The summed E-state index contributed by atoms with van der Waals surface area (Å²) in [4.78, 5) is 0. The van der Waals surface area contributed by atoms with E-state index in [0.29, 0.717) is 22.5 Å². The Labute approximate surface area is 283 Å². The minimum atomic E-state index is -1.83. The van der Waals surface area contributed by atoms with Gasteiger partial charge in [0.15, 0.2) is 16.6 Å². The normalized spacial score (nSPS) is 35.1. The van der Waals surface area contributed by atoms with Crippen molar-refractivity contribution in [2.24, 2.45) is 45.8 Å². The van der Waals surface area contributed by atoms with Crippen molar-refractivity contribution in [3.63, 3.8) is 0 Å². The van der Waals surface area contributed by atoms with Crippen molar-refractivity contribution < 1.29 is 8.85 Å². The van der Waals surface area contributed by atoms with Crippen molar-refractivity contribution >= 4 is 16.6 Å². The highest BCUT2D eigenvalue weighted by Crippen LogP contribution is 2.68. The predicted octanol–water partition coefficient (Wildman–Crippen LogP) is 13.0. The molecule has 0 spiro atoms. The lowest BCUT2D eigenvalue weighted by atomic mass is 9.46. The SMILES string of the molecule is C[C@@H](CCC[C@@H](C)[C@H]1CC[C@H]2C3=CC=C4C(C)(C)[C@@H](O[Si](C)(C)C(C)(C)C)CC[C@]4(C)[C@H]3CC[C@]12C)CO[Si](C)(C)C(C)(C)C. The minimum absolute atomic E-state index is 0.0882. The largest absolute Gasteiger partial charge is 0.417 e. The maximum atomic E-state index is 7.17. The molecule has 0 aromatic carbocycles. The van der Waals surface area contributed by atoms with Crippen molar-refractivity contribution in [2.45, 2.75) is 183 Å². The zero-order valence-electron chi connectivity index (χ0n) is 33.0. The van der Waals surface area contributed by atoms with Gasteiger partial charge in [0.25, 0.3) is 0 Å². The van der Waals surface area contributed by atoms with Crippen LogP contribution in [-0.4, -0.2) is 29.3 Å². The molecule has 4 rings (SSSR count). The standard InChI is InChI=1S/C41H76O2Si2/c1-29(28-42-44(13,14)37(3,4)5)18-17-19-30(2)32-21-22-33-31-20-23-35-39(9,10)36(43-45(15,16)38(6,7)8)25-27-41(35,12)34(31)24-26-40(32,33)11/h20,23,29-30,32-34,36H,17-19,21-22,24-28H2,1-16H3/t29-,30+,32+,33-,34-,36-,40+,41+/m0/s1. The minimum Gasteiger partial charge on any atom is -0.417 e. The summed E-state index contributed by atoms with van der Waals surface area (Å²) in [5.41, 5.74) is 4.37. The molecule has 260 valence electrons. The van der Waals surface area contributed by atoms with Crippen LogP contribution >= 0.6 is 0 Å². The van der Waals surface area contributed by atoms with E-state index in [1.807, 2.05) is 5.57 Å². The van der Waals surface area contributed by atoms with Gasteiger partial charge in [-0.3, -0.25) is 0 Å². The molecule has 3 saturated carbocycles. The van der Waals surface area contributed by atoms with Crippen LogP contribution in [-0.2, 0) is 8.85 Å². The quantitative estimate of drug-likeness (QED) is 0.218. The molecular weight excluding hydrogens is 581 g/mol. The first-order valence-corrected chi connectivity index (χ1v) is 24.9. The molecule has 0 radical (unpaired) electrons. The maximum absolute atomic E-state index is 7.17. The van der Waals surface area contributed by atoms with Gasteiger partial charge < -0.3 is 8.85 Å². The Hall–Kier alpha value is -0.166. The van der Waals surface area contributed by atoms with E-state index in [-0.39, 0.29) is 15.9 Å². The summed E-state index contributed by atoms with van der Waals surface area (Å²) >= 11 is 0. The van der Waals surface area contributed by atoms with Gasteiger partial charge in [0.05, 0.1) is 6.10 Å². The van der Waals surface area contributed by atoms with Crippen LogP contribution in [0.3, 0.4) is 0 Å². The van der Waals surface area contributed by atoms with Gasteiger partial charge in [-0.15, -0.1) is 0 Å². The molecule has 0 N–H and O–H groups in total. The fraction of sp³-hybridized carbons (Fsp3) is 0.902. The van der Waals surface area contributed by atoms with Gasteiger partial charge in [-0.2, -0.15) is 0 Å². The molecule has 0 aromatic rings. The molecular formula is C41H76O2Si2. The molecule has 45 heavy (non-hydrogen) atoms. The molecule has 0 heterocycles. The fourth-order valence-corrected chi connectivity index (χ4v) is 12.7. The van der Waals surface area contributed by atoms with Crippen molar-refractivity contribution in [2.75, 3.05) is 6.61 Å². The van der Waals surface area contributed by atoms with E-state index >= 15 is 0 Å². The second kappa shape index (κ2) is 12.6. The van der Waals surface area contributed by atoms with Crippen LogP contribution in [0.4, 0.5) is 0 Å². The Bertz CT molecular complexity index is 1120. The van der Waals surface area contributed by atoms with Crippen molar-refractivity contribution in [1.82, 2.24) is 0 Å². The van der Waals surface area contributed by atoms with Gasteiger partial charge in [-0.05, 0) is 122 Å². The number of hydrogen-bond donors (Lipinski definition) is 0. The lowest BCUT2D eigenvalue weighted by Crippen LogP contribution is -2.55. The predicted molar refractivity (Wildman–Crippen MR) is 202 cm³/mol. The third-order valence-electron chi connectivity index (χ3n) is 15.3. The highest BCUT2D eigenvalue weighted by molar-refractivity contribution is 6.74. The van der Waals surface area contributed by atoms with Crippen LogP contribution in [0.1, 0.15) is 141 Å². The molecule has 3 fully saturated rings. The van der Waals surface area contributed by atoms with Crippen molar-refractivity contribution in [1.29, 1.82) is 0 Å². The molecule has 4 aliphatic rings.